The topological polar surface area (TPSA) is 70.7 Å². The Labute approximate surface area is 167 Å². The van der Waals surface area contributed by atoms with Crippen molar-refractivity contribution in [3.8, 4) is 11.1 Å². The second-order valence-electron chi connectivity index (χ2n) is 6.94. The van der Waals surface area contributed by atoms with Crippen LogP contribution < -0.4 is 10.9 Å². The van der Waals surface area contributed by atoms with Gasteiger partial charge in [-0.05, 0) is 41.0 Å². The summed E-state index contributed by atoms with van der Waals surface area (Å²) in [5.74, 6) is 0.374. The third-order valence-electron chi connectivity index (χ3n) is 5.09. The molecule has 2 N–H and O–H groups in total. The molecule has 0 atom stereocenters. The maximum Gasteiger partial charge on any atom is 0.262 e. The van der Waals surface area contributed by atoms with Crippen LogP contribution in [0.1, 0.15) is 5.56 Å². The van der Waals surface area contributed by atoms with E-state index in [1.54, 1.807) is 6.20 Å². The van der Waals surface area contributed by atoms with Crippen LogP contribution in [0.15, 0.2) is 83.8 Å². The fraction of sp³-hybridized carbons (Fsp3) is 0.0417. The van der Waals surface area contributed by atoms with Gasteiger partial charge in [0.25, 0.3) is 5.56 Å². The number of hydrogen-bond donors (Lipinski definition) is 2. The summed E-state index contributed by atoms with van der Waals surface area (Å²) in [7, 11) is 0. The van der Waals surface area contributed by atoms with Crippen molar-refractivity contribution in [2.45, 2.75) is 6.92 Å². The van der Waals surface area contributed by atoms with Crippen molar-refractivity contribution < 1.29 is 0 Å². The summed E-state index contributed by atoms with van der Waals surface area (Å²) in [6.45, 7) is 2.00. The molecule has 0 spiro atoms. The molecule has 2 heterocycles. The highest BCUT2D eigenvalue weighted by molar-refractivity contribution is 6.03. The molecule has 0 saturated carbocycles. The maximum absolute atomic E-state index is 13.0. The van der Waals surface area contributed by atoms with Gasteiger partial charge in [0.05, 0.1) is 5.39 Å². The van der Waals surface area contributed by atoms with Gasteiger partial charge in [0, 0.05) is 17.4 Å². The lowest BCUT2D eigenvalue weighted by molar-refractivity contribution is 1.14. The van der Waals surface area contributed by atoms with Gasteiger partial charge in [-0.1, -0.05) is 60.7 Å². The molecule has 0 aliphatic carbocycles. The van der Waals surface area contributed by atoms with Crippen LogP contribution in [0.5, 0.6) is 0 Å². The molecule has 2 aromatic heterocycles. The van der Waals surface area contributed by atoms with E-state index in [1.165, 1.54) is 0 Å². The molecule has 3 aromatic carbocycles. The SMILES string of the molecule is Cc1ccccc1Nc1nc2nccc(-c3cccc4ccccc34)c2c(=O)[nH]1. The zero-order valence-electron chi connectivity index (χ0n) is 15.8. The number of fused-ring (bicyclic) bond motifs is 2. The Morgan fingerprint density at radius 3 is 2.55 bits per heavy atom. The zero-order valence-corrected chi connectivity index (χ0v) is 15.8. The van der Waals surface area contributed by atoms with Gasteiger partial charge in [-0.2, -0.15) is 4.98 Å². The molecule has 5 aromatic rings. The van der Waals surface area contributed by atoms with Gasteiger partial charge in [-0.15, -0.1) is 0 Å². The number of benzene rings is 3. The predicted octanol–water partition coefficient (Wildman–Crippen LogP) is 5.19. The third-order valence-corrected chi connectivity index (χ3v) is 5.09. The third kappa shape index (κ3) is 3.02. The van der Waals surface area contributed by atoms with E-state index in [4.69, 9.17) is 0 Å². The van der Waals surface area contributed by atoms with Gasteiger partial charge in [-0.25, -0.2) is 4.98 Å². The number of anilines is 2. The van der Waals surface area contributed by atoms with E-state index < -0.39 is 0 Å². The summed E-state index contributed by atoms with van der Waals surface area (Å²) >= 11 is 0. The van der Waals surface area contributed by atoms with E-state index in [-0.39, 0.29) is 5.56 Å². The van der Waals surface area contributed by atoms with Crippen molar-refractivity contribution in [3.63, 3.8) is 0 Å². The molecule has 0 saturated heterocycles. The van der Waals surface area contributed by atoms with Crippen molar-refractivity contribution in [2.24, 2.45) is 0 Å². The van der Waals surface area contributed by atoms with Crippen molar-refractivity contribution in [2.75, 3.05) is 5.32 Å². The van der Waals surface area contributed by atoms with Crippen LogP contribution in [0.4, 0.5) is 11.6 Å². The second-order valence-corrected chi connectivity index (χ2v) is 6.94. The normalized spacial score (nSPS) is 11.1. The molecule has 5 nitrogen and oxygen atoms in total. The van der Waals surface area contributed by atoms with Gasteiger partial charge in [0.1, 0.15) is 0 Å². The highest BCUT2D eigenvalue weighted by Gasteiger charge is 2.13. The number of nitrogens with one attached hydrogen (secondary N) is 2. The van der Waals surface area contributed by atoms with Gasteiger partial charge >= 0.3 is 0 Å². The maximum atomic E-state index is 13.0. The van der Waals surface area contributed by atoms with E-state index in [0.29, 0.717) is 17.0 Å². The van der Waals surface area contributed by atoms with Crippen molar-refractivity contribution >= 4 is 33.4 Å². The molecule has 29 heavy (non-hydrogen) atoms. The van der Waals surface area contributed by atoms with Gasteiger partial charge in [-0.3, -0.25) is 9.78 Å². The summed E-state index contributed by atoms with van der Waals surface area (Å²) in [4.78, 5) is 24.8. The summed E-state index contributed by atoms with van der Waals surface area (Å²) in [5, 5.41) is 5.88. The Morgan fingerprint density at radius 2 is 1.66 bits per heavy atom. The minimum absolute atomic E-state index is 0.220. The molecule has 5 rings (SSSR count). The minimum atomic E-state index is -0.220. The fourth-order valence-electron chi connectivity index (χ4n) is 3.65. The van der Waals surface area contributed by atoms with Crippen molar-refractivity contribution in [1.82, 2.24) is 15.0 Å². The molecule has 0 amide bonds. The molecule has 0 unspecified atom stereocenters. The molecule has 5 heteroatoms. The number of nitrogens with zero attached hydrogens (tertiary/aromatic N) is 2. The van der Waals surface area contributed by atoms with E-state index in [0.717, 1.165) is 33.2 Å². The summed E-state index contributed by atoms with van der Waals surface area (Å²) in [5.41, 5.74) is 3.95. The number of rotatable bonds is 3. The fourth-order valence-corrected chi connectivity index (χ4v) is 3.65. The van der Waals surface area contributed by atoms with E-state index in [2.05, 4.69) is 38.5 Å². The molecule has 140 valence electrons. The quantitative estimate of drug-likeness (QED) is 0.453. The molecular weight excluding hydrogens is 360 g/mol. The van der Waals surface area contributed by atoms with Gasteiger partial charge in [0.15, 0.2) is 5.65 Å². The Bertz CT molecular complexity index is 1420. The van der Waals surface area contributed by atoms with Crippen LogP contribution in [0, 0.1) is 6.92 Å². The van der Waals surface area contributed by atoms with Crippen LogP contribution in [0.2, 0.25) is 0 Å². The first-order valence-corrected chi connectivity index (χ1v) is 9.40. The van der Waals surface area contributed by atoms with Gasteiger partial charge < -0.3 is 5.32 Å². The van der Waals surface area contributed by atoms with Crippen molar-refractivity contribution in [3.05, 3.63) is 94.9 Å². The molecular formula is C24H18N4O. The second kappa shape index (κ2) is 6.87. The lowest BCUT2D eigenvalue weighted by Crippen LogP contribution is -2.13. The highest BCUT2D eigenvalue weighted by atomic mass is 16.1. The van der Waals surface area contributed by atoms with Crippen LogP contribution >= 0.6 is 0 Å². The molecule has 0 aliphatic heterocycles. The number of pyridine rings is 1. The molecule has 0 radical (unpaired) electrons. The average Bonchev–Trinajstić information content (AvgIpc) is 2.74. The Kier molecular flexibility index (Phi) is 4.06. The minimum Gasteiger partial charge on any atom is -0.325 e. The van der Waals surface area contributed by atoms with E-state index in [9.17, 15) is 4.79 Å². The summed E-state index contributed by atoms with van der Waals surface area (Å²) in [6.07, 6.45) is 1.70. The highest BCUT2D eigenvalue weighted by Crippen LogP contribution is 2.31. The summed E-state index contributed by atoms with van der Waals surface area (Å²) in [6, 6.07) is 23.9. The first kappa shape index (κ1) is 17.1. The number of hydrogen-bond acceptors (Lipinski definition) is 4. The molecule has 0 fully saturated rings. The largest absolute Gasteiger partial charge is 0.325 e. The lowest BCUT2D eigenvalue weighted by atomic mass is 9.97. The lowest BCUT2D eigenvalue weighted by Gasteiger charge is -2.11. The van der Waals surface area contributed by atoms with Crippen LogP contribution in [-0.2, 0) is 0 Å². The Morgan fingerprint density at radius 1 is 0.862 bits per heavy atom. The first-order chi connectivity index (χ1) is 14.2. The van der Waals surface area contributed by atoms with E-state index >= 15 is 0 Å². The molecule has 0 bridgehead atoms. The number of para-hydroxylation sites is 1. The number of H-pyrrole nitrogens is 1. The zero-order chi connectivity index (χ0) is 19.8. The number of aryl methyl sites for hydroxylation is 1. The number of aromatic nitrogens is 3. The van der Waals surface area contributed by atoms with Gasteiger partial charge in [0.2, 0.25) is 5.95 Å². The summed E-state index contributed by atoms with van der Waals surface area (Å²) < 4.78 is 0. The van der Waals surface area contributed by atoms with E-state index in [1.807, 2.05) is 61.5 Å². The van der Waals surface area contributed by atoms with Crippen LogP contribution in [0.3, 0.4) is 0 Å². The van der Waals surface area contributed by atoms with Crippen LogP contribution in [-0.4, -0.2) is 15.0 Å². The van der Waals surface area contributed by atoms with Crippen molar-refractivity contribution in [1.29, 1.82) is 0 Å². The average molecular weight is 378 g/mol. The predicted molar refractivity (Wildman–Crippen MR) is 118 cm³/mol. The first-order valence-electron chi connectivity index (χ1n) is 9.40. The number of aromatic amines is 1. The Balaban J connectivity index is 1.69. The monoisotopic (exact) mass is 378 g/mol. The Hall–Kier alpha value is -3.99. The molecule has 0 aliphatic rings. The smallest absolute Gasteiger partial charge is 0.262 e. The standard InChI is InChI=1S/C24H18N4O/c1-15-7-2-5-12-20(15)26-24-27-22-21(23(29)28-24)19(13-14-25-22)18-11-6-9-16-8-3-4-10-17(16)18/h2-14H,1H3,(H2,25,26,27,28,29). The van der Waals surface area contributed by atoms with Crippen LogP contribution in [0.25, 0.3) is 32.9 Å².